The Balaban J connectivity index is 2.83. The highest BCUT2D eigenvalue weighted by molar-refractivity contribution is 7.97. The maximum atomic E-state index is 10.2. The number of aromatic hydroxyl groups is 2. The van der Waals surface area contributed by atoms with Crippen LogP contribution in [0.4, 0.5) is 0 Å². The van der Waals surface area contributed by atoms with Crippen molar-refractivity contribution in [3.63, 3.8) is 0 Å². The van der Waals surface area contributed by atoms with Gasteiger partial charge in [-0.2, -0.15) is 11.8 Å². The smallest absolute Gasteiger partial charge is 0.127 e. The fourth-order valence-corrected chi connectivity index (χ4v) is 2.54. The average molecular weight is 234 g/mol. The van der Waals surface area contributed by atoms with E-state index in [0.29, 0.717) is 16.9 Å². The van der Waals surface area contributed by atoms with Crippen molar-refractivity contribution < 1.29 is 10.2 Å². The molecule has 84 valence electrons. The lowest BCUT2D eigenvalue weighted by Crippen LogP contribution is -1.90. The summed E-state index contributed by atoms with van der Waals surface area (Å²) in [5.74, 6) is 1.27. The van der Waals surface area contributed by atoms with Gasteiger partial charge < -0.3 is 10.2 Å². The summed E-state index contributed by atoms with van der Waals surface area (Å²) in [6.07, 6.45) is 1.98. The third-order valence-corrected chi connectivity index (χ3v) is 3.40. The molecule has 0 radical (unpaired) electrons. The lowest BCUT2D eigenvalue weighted by molar-refractivity contribution is 0.462. The molecule has 0 aromatic heterocycles. The van der Waals surface area contributed by atoms with Crippen LogP contribution in [0, 0.1) is 6.92 Å². The van der Waals surface area contributed by atoms with Gasteiger partial charge in [0.2, 0.25) is 0 Å². The first kappa shape index (κ1) is 11.1. The first-order chi connectivity index (χ1) is 7.66. The molecule has 2 nitrogen and oxygen atoms in total. The summed E-state index contributed by atoms with van der Waals surface area (Å²) in [6.45, 7) is 1.84. The minimum absolute atomic E-state index is 0.275. The fraction of sp³-hybridized carbons (Fsp3) is 0.231. The second-order valence-corrected chi connectivity index (χ2v) is 4.65. The average Bonchev–Trinajstić information content (AvgIpc) is 2.32. The van der Waals surface area contributed by atoms with Gasteiger partial charge in [-0.15, -0.1) is 0 Å². The predicted molar refractivity (Wildman–Crippen MR) is 69.2 cm³/mol. The molecule has 0 heterocycles. The van der Waals surface area contributed by atoms with Gasteiger partial charge in [-0.3, -0.25) is 0 Å². The van der Waals surface area contributed by atoms with E-state index in [9.17, 15) is 10.2 Å². The molecule has 0 fully saturated rings. The molecular weight excluding hydrogens is 220 g/mol. The van der Waals surface area contributed by atoms with Crippen molar-refractivity contribution in [3.8, 4) is 11.5 Å². The third kappa shape index (κ3) is 1.61. The SMILES string of the molecule is CSCc1c(C)c(O)c2ccccc2c1O. The van der Waals surface area contributed by atoms with E-state index in [4.69, 9.17) is 0 Å². The second kappa shape index (κ2) is 4.26. The van der Waals surface area contributed by atoms with Gasteiger partial charge in [-0.1, -0.05) is 24.3 Å². The number of phenols is 2. The van der Waals surface area contributed by atoms with Gasteiger partial charge in [0.25, 0.3) is 0 Å². The zero-order chi connectivity index (χ0) is 11.7. The van der Waals surface area contributed by atoms with Crippen LogP contribution in [0.5, 0.6) is 11.5 Å². The summed E-state index contributed by atoms with van der Waals surface area (Å²) >= 11 is 1.63. The Bertz CT molecular complexity index is 535. The van der Waals surface area contributed by atoms with Crippen molar-refractivity contribution in [2.24, 2.45) is 0 Å². The van der Waals surface area contributed by atoms with Gasteiger partial charge in [0.15, 0.2) is 0 Å². The summed E-state index contributed by atoms with van der Waals surface area (Å²) in [5.41, 5.74) is 1.59. The van der Waals surface area contributed by atoms with Gasteiger partial charge in [0.05, 0.1) is 0 Å². The normalized spacial score (nSPS) is 10.9. The Morgan fingerprint density at radius 3 is 2.19 bits per heavy atom. The maximum Gasteiger partial charge on any atom is 0.127 e. The lowest BCUT2D eigenvalue weighted by atomic mass is 10.00. The Morgan fingerprint density at radius 2 is 1.62 bits per heavy atom. The van der Waals surface area contributed by atoms with Crippen LogP contribution in [0.3, 0.4) is 0 Å². The molecule has 0 spiro atoms. The molecular formula is C13H14O2S. The Hall–Kier alpha value is -1.35. The maximum absolute atomic E-state index is 10.2. The zero-order valence-corrected chi connectivity index (χ0v) is 10.1. The van der Waals surface area contributed by atoms with Gasteiger partial charge in [0.1, 0.15) is 11.5 Å². The molecule has 0 amide bonds. The van der Waals surface area contributed by atoms with E-state index in [0.717, 1.165) is 16.5 Å². The minimum atomic E-state index is 0.275. The molecule has 2 aromatic rings. The summed E-state index contributed by atoms with van der Waals surface area (Å²) in [5, 5.41) is 21.7. The quantitative estimate of drug-likeness (QED) is 0.782. The standard InChI is InChI=1S/C13H14O2S/c1-8-11(7-16-2)13(15)10-6-4-3-5-9(10)12(8)14/h3-6,14-15H,7H2,1-2H3. The number of thioether (sulfide) groups is 1. The number of phenolic OH excluding ortho intramolecular Hbond substituents is 2. The van der Waals surface area contributed by atoms with Crippen molar-refractivity contribution in [1.29, 1.82) is 0 Å². The number of fused-ring (bicyclic) bond motifs is 1. The van der Waals surface area contributed by atoms with Gasteiger partial charge in [0, 0.05) is 22.1 Å². The van der Waals surface area contributed by atoms with Crippen molar-refractivity contribution >= 4 is 22.5 Å². The zero-order valence-electron chi connectivity index (χ0n) is 9.32. The van der Waals surface area contributed by atoms with Crippen LogP contribution in [0.25, 0.3) is 10.8 Å². The van der Waals surface area contributed by atoms with E-state index in [2.05, 4.69) is 0 Å². The van der Waals surface area contributed by atoms with Crippen molar-refractivity contribution in [1.82, 2.24) is 0 Å². The molecule has 0 aliphatic heterocycles. The first-order valence-electron chi connectivity index (χ1n) is 5.08. The highest BCUT2D eigenvalue weighted by Crippen LogP contribution is 2.40. The molecule has 0 atom stereocenters. The van der Waals surface area contributed by atoms with Crippen LogP contribution in [0.1, 0.15) is 11.1 Å². The summed E-state index contributed by atoms with van der Waals surface area (Å²) in [7, 11) is 0. The molecule has 0 unspecified atom stereocenters. The largest absolute Gasteiger partial charge is 0.507 e. The number of hydrogen-bond donors (Lipinski definition) is 2. The Kier molecular flexibility index (Phi) is 2.97. The second-order valence-electron chi connectivity index (χ2n) is 3.78. The van der Waals surface area contributed by atoms with Gasteiger partial charge >= 0.3 is 0 Å². The van der Waals surface area contributed by atoms with Crippen LogP contribution >= 0.6 is 11.8 Å². The van der Waals surface area contributed by atoms with Crippen LogP contribution in [0.15, 0.2) is 24.3 Å². The molecule has 0 saturated heterocycles. The molecule has 2 rings (SSSR count). The number of hydrogen-bond acceptors (Lipinski definition) is 3. The highest BCUT2D eigenvalue weighted by atomic mass is 32.2. The Labute approximate surface area is 98.9 Å². The molecule has 0 saturated carbocycles. The minimum Gasteiger partial charge on any atom is -0.507 e. The van der Waals surface area contributed by atoms with E-state index in [1.165, 1.54) is 0 Å². The molecule has 2 aromatic carbocycles. The van der Waals surface area contributed by atoms with E-state index in [1.807, 2.05) is 37.4 Å². The topological polar surface area (TPSA) is 40.5 Å². The molecule has 0 bridgehead atoms. The fourth-order valence-electron chi connectivity index (χ4n) is 1.90. The molecule has 3 heteroatoms. The summed E-state index contributed by atoms with van der Waals surface area (Å²) in [4.78, 5) is 0. The predicted octanol–water partition coefficient (Wildman–Crippen LogP) is 3.42. The van der Waals surface area contributed by atoms with E-state index >= 15 is 0 Å². The summed E-state index contributed by atoms with van der Waals surface area (Å²) in [6, 6.07) is 7.36. The molecule has 0 aliphatic rings. The van der Waals surface area contributed by atoms with Crippen LogP contribution in [-0.4, -0.2) is 16.5 Å². The van der Waals surface area contributed by atoms with Crippen molar-refractivity contribution in [2.75, 3.05) is 6.26 Å². The van der Waals surface area contributed by atoms with E-state index < -0.39 is 0 Å². The van der Waals surface area contributed by atoms with Crippen LogP contribution in [0.2, 0.25) is 0 Å². The monoisotopic (exact) mass is 234 g/mol. The molecule has 16 heavy (non-hydrogen) atoms. The number of benzene rings is 2. The van der Waals surface area contributed by atoms with E-state index in [1.54, 1.807) is 11.8 Å². The highest BCUT2D eigenvalue weighted by Gasteiger charge is 2.14. The van der Waals surface area contributed by atoms with Crippen molar-refractivity contribution in [2.45, 2.75) is 12.7 Å². The van der Waals surface area contributed by atoms with Crippen LogP contribution < -0.4 is 0 Å². The van der Waals surface area contributed by atoms with Crippen molar-refractivity contribution in [3.05, 3.63) is 35.4 Å². The van der Waals surface area contributed by atoms with Gasteiger partial charge in [-0.05, 0) is 18.7 Å². The van der Waals surface area contributed by atoms with Crippen LogP contribution in [-0.2, 0) is 5.75 Å². The number of rotatable bonds is 2. The first-order valence-corrected chi connectivity index (χ1v) is 6.47. The lowest BCUT2D eigenvalue weighted by Gasteiger charge is -2.13. The third-order valence-electron chi connectivity index (χ3n) is 2.82. The van der Waals surface area contributed by atoms with E-state index in [-0.39, 0.29) is 5.75 Å². The molecule has 0 aliphatic carbocycles. The summed E-state index contributed by atoms with van der Waals surface area (Å²) < 4.78 is 0. The molecule has 2 N–H and O–H groups in total. The Morgan fingerprint density at radius 1 is 1.06 bits per heavy atom. The van der Waals surface area contributed by atoms with Gasteiger partial charge in [-0.25, -0.2) is 0 Å².